The van der Waals surface area contributed by atoms with Crippen molar-refractivity contribution in [1.82, 2.24) is 9.97 Å². The molecule has 0 aliphatic heterocycles. The van der Waals surface area contributed by atoms with Crippen LogP contribution < -0.4 is 10.2 Å². The number of aromatic nitrogens is 2. The van der Waals surface area contributed by atoms with E-state index < -0.39 is 4.92 Å². The van der Waals surface area contributed by atoms with E-state index >= 15 is 0 Å². The van der Waals surface area contributed by atoms with Gasteiger partial charge in [-0.2, -0.15) is 0 Å². The predicted molar refractivity (Wildman–Crippen MR) is 79.4 cm³/mol. The van der Waals surface area contributed by atoms with Gasteiger partial charge in [0.05, 0.1) is 34.3 Å². The van der Waals surface area contributed by atoms with Crippen LogP contribution >= 0.6 is 11.3 Å². The number of hydrogen-bond donors (Lipinski definition) is 1. The van der Waals surface area contributed by atoms with Gasteiger partial charge in [-0.15, -0.1) is 11.3 Å². The summed E-state index contributed by atoms with van der Waals surface area (Å²) in [6.45, 7) is 2.50. The summed E-state index contributed by atoms with van der Waals surface area (Å²) >= 11 is 1.58. The van der Waals surface area contributed by atoms with Crippen molar-refractivity contribution < 1.29 is 4.92 Å². The molecule has 0 saturated heterocycles. The number of nitrogens with one attached hydrogen (secondary N) is 1. The van der Waals surface area contributed by atoms with Crippen molar-refractivity contribution in [2.45, 2.75) is 13.5 Å². The van der Waals surface area contributed by atoms with Crippen molar-refractivity contribution >= 4 is 28.7 Å². The highest BCUT2D eigenvalue weighted by Gasteiger charge is 2.14. The summed E-state index contributed by atoms with van der Waals surface area (Å²) in [6, 6.07) is 2.87. The Morgan fingerprint density at radius 2 is 2.20 bits per heavy atom. The molecule has 0 radical (unpaired) electrons. The van der Waals surface area contributed by atoms with Crippen molar-refractivity contribution in [2.24, 2.45) is 0 Å². The van der Waals surface area contributed by atoms with Crippen molar-refractivity contribution in [3.8, 4) is 0 Å². The number of rotatable bonds is 5. The Morgan fingerprint density at radius 3 is 2.75 bits per heavy atom. The molecule has 0 amide bonds. The van der Waals surface area contributed by atoms with Crippen LogP contribution in [0.1, 0.15) is 10.7 Å². The lowest BCUT2D eigenvalue weighted by atomic mass is 10.3. The first kappa shape index (κ1) is 14.2. The molecule has 1 N–H and O–H groups in total. The lowest BCUT2D eigenvalue weighted by molar-refractivity contribution is -0.384. The van der Waals surface area contributed by atoms with Crippen molar-refractivity contribution in [3.05, 3.63) is 38.3 Å². The van der Waals surface area contributed by atoms with E-state index in [1.807, 2.05) is 24.3 Å². The van der Waals surface area contributed by atoms with E-state index in [1.54, 1.807) is 18.4 Å². The summed E-state index contributed by atoms with van der Waals surface area (Å²) in [5, 5.41) is 16.7. The Kier molecular flexibility index (Phi) is 4.14. The minimum atomic E-state index is -0.424. The maximum absolute atomic E-state index is 10.9. The van der Waals surface area contributed by atoms with E-state index in [9.17, 15) is 10.1 Å². The molecule has 0 atom stereocenters. The Hall–Kier alpha value is -2.22. The van der Waals surface area contributed by atoms with Crippen LogP contribution in [0.25, 0.3) is 0 Å². The summed E-state index contributed by atoms with van der Waals surface area (Å²) in [7, 11) is 3.51. The molecule has 2 aromatic heterocycles. The first-order chi connectivity index (χ1) is 9.49. The van der Waals surface area contributed by atoms with Crippen LogP contribution in [0.4, 0.5) is 17.3 Å². The van der Waals surface area contributed by atoms with Gasteiger partial charge in [0, 0.05) is 19.5 Å². The van der Waals surface area contributed by atoms with Crippen molar-refractivity contribution in [1.29, 1.82) is 0 Å². The van der Waals surface area contributed by atoms with E-state index in [4.69, 9.17) is 0 Å². The third kappa shape index (κ3) is 3.21. The number of anilines is 2. The number of pyridine rings is 1. The minimum Gasteiger partial charge on any atom is -0.373 e. The largest absolute Gasteiger partial charge is 0.373 e. The molecule has 0 unspecified atom stereocenters. The quantitative estimate of drug-likeness (QED) is 0.673. The maximum Gasteiger partial charge on any atom is 0.276 e. The molecule has 2 aromatic rings. The molecule has 106 valence electrons. The number of hydrogen-bond acceptors (Lipinski definition) is 7. The molecule has 0 aliphatic carbocycles. The molecule has 0 aromatic carbocycles. The second-order valence-electron chi connectivity index (χ2n) is 4.29. The fraction of sp³-hybridized carbons (Fsp3) is 0.333. The van der Waals surface area contributed by atoms with Gasteiger partial charge in [0.2, 0.25) is 0 Å². The monoisotopic (exact) mass is 293 g/mol. The zero-order valence-corrected chi connectivity index (χ0v) is 12.3. The van der Waals surface area contributed by atoms with Gasteiger partial charge in [-0.25, -0.2) is 9.97 Å². The first-order valence-corrected chi connectivity index (χ1v) is 6.84. The molecule has 0 spiro atoms. The van der Waals surface area contributed by atoms with Crippen molar-refractivity contribution in [2.75, 3.05) is 24.3 Å². The summed E-state index contributed by atoms with van der Waals surface area (Å²) in [5.74, 6) is 1.00. The van der Waals surface area contributed by atoms with Gasteiger partial charge in [-0.05, 0) is 6.92 Å². The van der Waals surface area contributed by atoms with Crippen LogP contribution in [0, 0.1) is 17.0 Å². The Bertz CT molecular complexity index is 628. The van der Waals surface area contributed by atoms with Crippen LogP contribution in [-0.4, -0.2) is 29.0 Å². The molecule has 0 bridgehead atoms. The average molecular weight is 293 g/mol. The topological polar surface area (TPSA) is 84.2 Å². The minimum absolute atomic E-state index is 0.0145. The van der Waals surface area contributed by atoms with Gasteiger partial charge < -0.3 is 10.2 Å². The Morgan fingerprint density at radius 1 is 1.45 bits per heavy atom. The number of aryl methyl sites for hydroxylation is 1. The first-order valence-electron chi connectivity index (χ1n) is 5.96. The predicted octanol–water partition coefficient (Wildman–Crippen LogP) is 2.43. The van der Waals surface area contributed by atoms with E-state index in [0.29, 0.717) is 18.2 Å². The molecule has 0 fully saturated rings. The molecular weight excluding hydrogens is 278 g/mol. The molecule has 0 saturated carbocycles. The lowest BCUT2D eigenvalue weighted by Gasteiger charge is -2.17. The highest BCUT2D eigenvalue weighted by atomic mass is 32.1. The number of nitrogens with zero attached hydrogens (tertiary/aromatic N) is 4. The fourth-order valence-electron chi connectivity index (χ4n) is 1.74. The van der Waals surface area contributed by atoms with Gasteiger partial charge in [-0.3, -0.25) is 10.1 Å². The molecule has 7 nitrogen and oxygen atoms in total. The molecule has 8 heteroatoms. The van der Waals surface area contributed by atoms with Crippen LogP contribution in [0.3, 0.4) is 0 Å². The normalized spacial score (nSPS) is 10.3. The van der Waals surface area contributed by atoms with Crippen LogP contribution in [0.5, 0.6) is 0 Å². The summed E-state index contributed by atoms with van der Waals surface area (Å²) in [5.41, 5.74) is 0.940. The Balaban J connectivity index is 2.26. The van der Waals surface area contributed by atoms with E-state index in [2.05, 4.69) is 15.3 Å². The van der Waals surface area contributed by atoms with Gasteiger partial charge in [0.1, 0.15) is 11.6 Å². The second-order valence-corrected chi connectivity index (χ2v) is 5.35. The second kappa shape index (κ2) is 5.83. The smallest absolute Gasteiger partial charge is 0.276 e. The van der Waals surface area contributed by atoms with E-state index in [0.717, 1.165) is 10.7 Å². The van der Waals surface area contributed by atoms with Crippen molar-refractivity contribution in [3.63, 3.8) is 0 Å². The summed E-state index contributed by atoms with van der Waals surface area (Å²) in [4.78, 5) is 21.0. The standard InChI is InChI=1S/C12H15N5O2S/c1-8-14-9(7-20-8)6-16(3)12-5-10(17(18)19)4-11(13-2)15-12/h4-5,7H,6H2,1-3H3,(H,13,15). The molecule has 0 aliphatic rings. The van der Waals surface area contributed by atoms with Gasteiger partial charge >= 0.3 is 0 Å². The lowest BCUT2D eigenvalue weighted by Crippen LogP contribution is -2.18. The Labute approximate surface area is 120 Å². The zero-order valence-electron chi connectivity index (χ0n) is 11.5. The van der Waals surface area contributed by atoms with Gasteiger partial charge in [0.15, 0.2) is 0 Å². The van der Waals surface area contributed by atoms with E-state index in [-0.39, 0.29) is 5.69 Å². The van der Waals surface area contributed by atoms with Gasteiger partial charge in [0.25, 0.3) is 5.69 Å². The molecule has 20 heavy (non-hydrogen) atoms. The summed E-state index contributed by atoms with van der Waals surface area (Å²) in [6.07, 6.45) is 0. The van der Waals surface area contributed by atoms with Crippen LogP contribution in [0.15, 0.2) is 17.5 Å². The maximum atomic E-state index is 10.9. The molecule has 2 heterocycles. The van der Waals surface area contributed by atoms with Crippen LogP contribution in [-0.2, 0) is 6.54 Å². The summed E-state index contributed by atoms with van der Waals surface area (Å²) < 4.78 is 0. The third-order valence-electron chi connectivity index (χ3n) is 2.72. The zero-order chi connectivity index (χ0) is 14.7. The van der Waals surface area contributed by atoms with E-state index in [1.165, 1.54) is 12.1 Å². The van der Waals surface area contributed by atoms with Crippen LogP contribution in [0.2, 0.25) is 0 Å². The highest BCUT2D eigenvalue weighted by Crippen LogP contribution is 2.23. The molecular formula is C12H15N5O2S. The average Bonchev–Trinajstić information content (AvgIpc) is 2.83. The fourth-order valence-corrected chi connectivity index (χ4v) is 2.34. The third-order valence-corrected chi connectivity index (χ3v) is 3.54. The number of nitro groups is 1. The number of thiazole rings is 1. The van der Waals surface area contributed by atoms with Gasteiger partial charge in [-0.1, -0.05) is 0 Å². The highest BCUT2D eigenvalue weighted by molar-refractivity contribution is 7.09. The molecule has 2 rings (SSSR count). The SMILES string of the molecule is CNc1cc([N+](=O)[O-])cc(N(C)Cc2csc(C)n2)n1.